The summed E-state index contributed by atoms with van der Waals surface area (Å²) in [4.78, 5) is 34.8. The molecular formula is C33H27BrN2O5. The Balaban J connectivity index is 1.46. The van der Waals surface area contributed by atoms with Crippen LogP contribution in [0.3, 0.4) is 0 Å². The third-order valence-corrected chi connectivity index (χ3v) is 7.81. The third kappa shape index (κ3) is 5.05. The van der Waals surface area contributed by atoms with Gasteiger partial charge in [-0.1, -0.05) is 64.5 Å². The molecule has 0 radical (unpaired) electrons. The highest BCUT2D eigenvalue weighted by atomic mass is 79.9. The zero-order valence-corrected chi connectivity index (χ0v) is 23.7. The molecule has 8 heteroatoms. The number of anilines is 1. The largest absolute Gasteiger partial charge is 0.494 e. The van der Waals surface area contributed by atoms with Gasteiger partial charge in [-0.3, -0.25) is 9.59 Å². The maximum atomic E-state index is 14.6. The molecule has 4 aromatic rings. The van der Waals surface area contributed by atoms with E-state index in [1.54, 1.807) is 30.3 Å². The van der Waals surface area contributed by atoms with E-state index < -0.39 is 23.5 Å². The molecule has 2 amide bonds. The van der Waals surface area contributed by atoms with E-state index in [9.17, 15) is 9.59 Å². The summed E-state index contributed by atoms with van der Waals surface area (Å²) in [5.41, 5.74) is 1.79. The maximum Gasteiger partial charge on any atom is 0.266 e. The number of hydrogen-bond acceptors (Lipinski definition) is 6. The molecule has 7 nitrogen and oxygen atoms in total. The standard InChI is InChI=1S/C33H27BrN2O5/c34-25-15-11-22(12-16-25)21-33-29(41-30(35-33)23-13-17-26(18-14-23)40-20-6-19-37)27-9-4-5-10-28(27)36(32(33)39)31(38)24-7-2-1-3-8-24/h1-5,7-18,29,37H,6,19-21H2/t29-,33-/m0/s1. The highest BCUT2D eigenvalue weighted by Gasteiger charge is 2.60. The third-order valence-electron chi connectivity index (χ3n) is 7.28. The molecule has 2 aliphatic heterocycles. The number of fused-ring (bicyclic) bond motifs is 3. The topological polar surface area (TPSA) is 88.4 Å². The molecule has 0 fully saturated rings. The smallest absolute Gasteiger partial charge is 0.266 e. The molecule has 0 bridgehead atoms. The van der Waals surface area contributed by atoms with Crippen LogP contribution in [0.2, 0.25) is 0 Å². The van der Waals surface area contributed by atoms with Gasteiger partial charge in [-0.2, -0.15) is 0 Å². The number of ether oxygens (including phenoxy) is 2. The number of benzene rings is 4. The first-order valence-corrected chi connectivity index (χ1v) is 14.2. The normalized spacial score (nSPS) is 19.2. The number of nitrogens with zero attached hydrogens (tertiary/aromatic N) is 2. The number of carbonyl (C=O) groups excluding carboxylic acids is 2. The van der Waals surface area contributed by atoms with Gasteiger partial charge in [0, 0.05) is 40.6 Å². The first-order valence-electron chi connectivity index (χ1n) is 13.4. The van der Waals surface area contributed by atoms with Gasteiger partial charge in [0.05, 0.1) is 12.3 Å². The summed E-state index contributed by atoms with van der Waals surface area (Å²) in [7, 11) is 0. The van der Waals surface area contributed by atoms with Crippen LogP contribution < -0.4 is 9.64 Å². The van der Waals surface area contributed by atoms with Crippen molar-refractivity contribution in [2.75, 3.05) is 18.1 Å². The lowest BCUT2D eigenvalue weighted by Gasteiger charge is -2.40. The molecule has 1 N–H and O–H groups in total. The van der Waals surface area contributed by atoms with Crippen LogP contribution in [0.5, 0.6) is 5.75 Å². The van der Waals surface area contributed by atoms with Crippen LogP contribution in [0, 0.1) is 0 Å². The zero-order valence-electron chi connectivity index (χ0n) is 22.1. The predicted octanol–water partition coefficient (Wildman–Crippen LogP) is 5.90. The minimum Gasteiger partial charge on any atom is -0.494 e. The van der Waals surface area contributed by atoms with Gasteiger partial charge >= 0.3 is 0 Å². The van der Waals surface area contributed by atoms with E-state index in [1.807, 2.05) is 72.8 Å². The van der Waals surface area contributed by atoms with E-state index in [4.69, 9.17) is 19.6 Å². The average Bonchev–Trinajstić information content (AvgIpc) is 3.40. The fourth-order valence-corrected chi connectivity index (χ4v) is 5.55. The van der Waals surface area contributed by atoms with Crippen molar-refractivity contribution >= 4 is 39.3 Å². The molecule has 206 valence electrons. The van der Waals surface area contributed by atoms with Crippen molar-refractivity contribution in [3.63, 3.8) is 0 Å². The summed E-state index contributed by atoms with van der Waals surface area (Å²) in [6.07, 6.45) is 0.0465. The molecule has 2 aliphatic rings. The van der Waals surface area contributed by atoms with Crippen molar-refractivity contribution in [2.24, 2.45) is 4.99 Å². The Morgan fingerprint density at radius 2 is 1.66 bits per heavy atom. The summed E-state index contributed by atoms with van der Waals surface area (Å²) >= 11 is 3.48. The van der Waals surface area contributed by atoms with Crippen LogP contribution in [0.1, 0.15) is 39.6 Å². The van der Waals surface area contributed by atoms with Gasteiger partial charge in [0.25, 0.3) is 11.8 Å². The number of carbonyl (C=O) groups is 2. The van der Waals surface area contributed by atoms with Crippen molar-refractivity contribution in [3.8, 4) is 5.75 Å². The molecule has 6 rings (SSSR count). The Hall–Kier alpha value is -4.27. The van der Waals surface area contributed by atoms with Crippen LogP contribution in [-0.4, -0.2) is 41.6 Å². The lowest BCUT2D eigenvalue weighted by atomic mass is 9.78. The second-order valence-corrected chi connectivity index (χ2v) is 10.9. The zero-order chi connectivity index (χ0) is 28.4. The minimum absolute atomic E-state index is 0.0594. The number of halogens is 1. The van der Waals surface area contributed by atoms with E-state index in [1.165, 1.54) is 4.90 Å². The van der Waals surface area contributed by atoms with E-state index in [0.717, 1.165) is 15.6 Å². The van der Waals surface area contributed by atoms with Gasteiger partial charge < -0.3 is 14.6 Å². The minimum atomic E-state index is -1.40. The first-order chi connectivity index (χ1) is 20.0. The van der Waals surface area contributed by atoms with E-state index in [0.29, 0.717) is 41.5 Å². The molecular weight excluding hydrogens is 584 g/mol. The summed E-state index contributed by atoms with van der Waals surface area (Å²) in [6.45, 7) is 0.464. The summed E-state index contributed by atoms with van der Waals surface area (Å²) in [5.74, 6) is 0.136. The van der Waals surface area contributed by atoms with Crippen LogP contribution >= 0.6 is 15.9 Å². The number of aliphatic imine (C=N–C) groups is 1. The molecule has 0 unspecified atom stereocenters. The quantitative estimate of drug-likeness (QED) is 0.198. The van der Waals surface area contributed by atoms with Gasteiger partial charge in [0.1, 0.15) is 5.75 Å². The van der Waals surface area contributed by atoms with Gasteiger partial charge in [-0.15, -0.1) is 0 Å². The van der Waals surface area contributed by atoms with Crippen molar-refractivity contribution in [1.82, 2.24) is 0 Å². The highest BCUT2D eigenvalue weighted by molar-refractivity contribution is 9.10. The molecule has 41 heavy (non-hydrogen) atoms. The summed E-state index contributed by atoms with van der Waals surface area (Å²) in [5, 5.41) is 9.02. The molecule has 0 spiro atoms. The van der Waals surface area contributed by atoms with Gasteiger partial charge in [-0.25, -0.2) is 9.89 Å². The molecule has 2 heterocycles. The SMILES string of the molecule is O=C(c1ccccc1)N1C(=O)[C@@]2(Cc3ccc(Br)cc3)N=C(c3ccc(OCCCO)cc3)O[C@H]2c2ccccc21. The molecule has 0 saturated carbocycles. The second kappa shape index (κ2) is 11.3. The van der Waals surface area contributed by atoms with E-state index >= 15 is 0 Å². The van der Waals surface area contributed by atoms with E-state index in [-0.39, 0.29) is 13.0 Å². The summed E-state index contributed by atoms with van der Waals surface area (Å²) < 4.78 is 13.1. The van der Waals surface area contributed by atoms with Crippen molar-refractivity contribution in [3.05, 3.63) is 130 Å². The number of aliphatic hydroxyl groups is 1. The van der Waals surface area contributed by atoms with Crippen LogP contribution in [0.4, 0.5) is 5.69 Å². The Labute approximate surface area is 246 Å². The van der Waals surface area contributed by atoms with Gasteiger partial charge in [-0.05, 0) is 60.2 Å². The van der Waals surface area contributed by atoms with Crippen molar-refractivity contribution in [1.29, 1.82) is 0 Å². The monoisotopic (exact) mass is 610 g/mol. The predicted molar refractivity (Wildman–Crippen MR) is 159 cm³/mol. The second-order valence-electron chi connectivity index (χ2n) is 9.96. The Bertz CT molecular complexity index is 1610. The number of rotatable bonds is 8. The molecule has 0 saturated heterocycles. The number of imide groups is 1. The summed E-state index contributed by atoms with van der Waals surface area (Å²) in [6, 6.07) is 31.2. The lowest BCUT2D eigenvalue weighted by molar-refractivity contribution is -0.126. The van der Waals surface area contributed by atoms with Crippen LogP contribution in [0.25, 0.3) is 0 Å². The fourth-order valence-electron chi connectivity index (χ4n) is 5.29. The number of para-hydroxylation sites is 1. The molecule has 0 aliphatic carbocycles. The number of hydrogen-bond donors (Lipinski definition) is 1. The fraction of sp³-hybridized carbons (Fsp3) is 0.182. The van der Waals surface area contributed by atoms with Crippen molar-refractivity contribution in [2.45, 2.75) is 24.5 Å². The average molecular weight is 611 g/mol. The molecule has 4 aromatic carbocycles. The first kappa shape index (κ1) is 26.9. The van der Waals surface area contributed by atoms with Crippen molar-refractivity contribution < 1.29 is 24.2 Å². The van der Waals surface area contributed by atoms with Crippen LogP contribution in [0.15, 0.2) is 113 Å². The van der Waals surface area contributed by atoms with E-state index in [2.05, 4.69) is 15.9 Å². The molecule has 2 atom stereocenters. The molecule has 0 aromatic heterocycles. The number of amides is 2. The van der Waals surface area contributed by atoms with Gasteiger partial charge in [0.2, 0.25) is 5.90 Å². The van der Waals surface area contributed by atoms with Gasteiger partial charge in [0.15, 0.2) is 11.6 Å². The Kier molecular flexibility index (Phi) is 7.43. The lowest BCUT2D eigenvalue weighted by Crippen LogP contribution is -2.57. The number of aliphatic hydroxyl groups excluding tert-OH is 1. The Morgan fingerprint density at radius 1 is 0.951 bits per heavy atom. The Morgan fingerprint density at radius 3 is 2.39 bits per heavy atom. The maximum absolute atomic E-state index is 14.6. The highest BCUT2D eigenvalue weighted by Crippen LogP contribution is 2.50. The van der Waals surface area contributed by atoms with Crippen LogP contribution in [-0.2, 0) is 16.0 Å².